The number of nitrogens with zero attached hydrogens (tertiary/aromatic N) is 1. The van der Waals surface area contributed by atoms with Gasteiger partial charge in [0.05, 0.1) is 12.2 Å². The summed E-state index contributed by atoms with van der Waals surface area (Å²) < 4.78 is 5.81. The number of nitrogens with two attached hydrogens (primary N) is 1. The molecule has 0 unspecified atom stereocenters. The lowest BCUT2D eigenvalue weighted by atomic mass is 10.1. The minimum absolute atomic E-state index is 0.0976. The molecule has 3 N–H and O–H groups in total. The van der Waals surface area contributed by atoms with Gasteiger partial charge in [0.25, 0.3) is 0 Å². The van der Waals surface area contributed by atoms with Crippen LogP contribution >= 0.6 is 11.8 Å². The second kappa shape index (κ2) is 8.74. The van der Waals surface area contributed by atoms with Gasteiger partial charge >= 0.3 is 0 Å². The van der Waals surface area contributed by atoms with E-state index in [1.165, 1.54) is 0 Å². The van der Waals surface area contributed by atoms with Crippen LogP contribution < -0.4 is 10.5 Å². The van der Waals surface area contributed by atoms with Crippen molar-refractivity contribution in [2.24, 2.45) is 16.8 Å². The molecule has 112 valence electrons. The Kier molecular flexibility index (Phi) is 7.30. The van der Waals surface area contributed by atoms with Crippen molar-refractivity contribution in [3.8, 4) is 5.75 Å². The average Bonchev–Trinajstić information content (AvgIpc) is 2.43. The van der Waals surface area contributed by atoms with E-state index in [9.17, 15) is 0 Å². The van der Waals surface area contributed by atoms with Crippen molar-refractivity contribution in [2.75, 3.05) is 12.4 Å². The van der Waals surface area contributed by atoms with Crippen LogP contribution in [0.15, 0.2) is 28.3 Å². The number of ether oxygens (including phenoxy) is 1. The molecule has 20 heavy (non-hydrogen) atoms. The maximum atomic E-state index is 8.95. The van der Waals surface area contributed by atoms with E-state index in [0.29, 0.717) is 23.8 Å². The van der Waals surface area contributed by atoms with Crippen LogP contribution in [0.25, 0.3) is 0 Å². The third-order valence-electron chi connectivity index (χ3n) is 2.84. The molecule has 0 aliphatic rings. The topological polar surface area (TPSA) is 67.8 Å². The van der Waals surface area contributed by atoms with Gasteiger partial charge in [-0.15, -0.1) is 11.8 Å². The molecule has 0 fully saturated rings. The molecule has 1 aromatic carbocycles. The first-order chi connectivity index (χ1) is 9.60. The minimum atomic E-state index is 0.0976. The molecule has 1 aromatic rings. The fourth-order valence-corrected chi connectivity index (χ4v) is 2.72. The molecule has 0 aliphatic heterocycles. The van der Waals surface area contributed by atoms with Gasteiger partial charge in [0, 0.05) is 4.90 Å². The van der Waals surface area contributed by atoms with Crippen molar-refractivity contribution in [1.29, 1.82) is 0 Å². The van der Waals surface area contributed by atoms with Gasteiger partial charge in [0.15, 0.2) is 5.84 Å². The van der Waals surface area contributed by atoms with Crippen LogP contribution in [0.1, 0.15) is 39.2 Å². The normalized spacial score (nSPS) is 11.9. The number of oxime groups is 1. The lowest BCUT2D eigenvalue weighted by molar-refractivity contribution is 0.295. The van der Waals surface area contributed by atoms with Crippen molar-refractivity contribution in [3.63, 3.8) is 0 Å². The summed E-state index contributed by atoms with van der Waals surface area (Å²) in [5.74, 6) is 2.37. The molecule has 0 bridgehead atoms. The minimum Gasteiger partial charge on any atom is -0.493 e. The van der Waals surface area contributed by atoms with Crippen molar-refractivity contribution in [3.05, 3.63) is 23.8 Å². The molecule has 0 aliphatic carbocycles. The number of hydrogen-bond donors (Lipinski definition) is 2. The van der Waals surface area contributed by atoms with Gasteiger partial charge in [-0.05, 0) is 36.6 Å². The first kappa shape index (κ1) is 16.7. The van der Waals surface area contributed by atoms with Crippen LogP contribution in [0.5, 0.6) is 5.75 Å². The average molecular weight is 296 g/mol. The zero-order valence-corrected chi connectivity index (χ0v) is 13.2. The second-order valence-corrected chi connectivity index (χ2v) is 6.24. The summed E-state index contributed by atoms with van der Waals surface area (Å²) in [5, 5.41) is 12.1. The fourth-order valence-electron chi connectivity index (χ4n) is 1.88. The molecule has 0 amide bonds. The first-order valence-electron chi connectivity index (χ1n) is 6.96. The zero-order valence-electron chi connectivity index (χ0n) is 12.4. The Hall–Kier alpha value is -1.36. The van der Waals surface area contributed by atoms with Gasteiger partial charge in [-0.25, -0.2) is 0 Å². The molecule has 0 radical (unpaired) electrons. The van der Waals surface area contributed by atoms with Crippen LogP contribution in [0.4, 0.5) is 0 Å². The molecule has 0 atom stereocenters. The molecule has 0 saturated heterocycles. The Morgan fingerprint density at radius 1 is 1.45 bits per heavy atom. The zero-order chi connectivity index (χ0) is 15.0. The maximum Gasteiger partial charge on any atom is 0.174 e. The number of thioether (sulfide) groups is 1. The summed E-state index contributed by atoms with van der Waals surface area (Å²) in [6.07, 6.45) is 2.13. The van der Waals surface area contributed by atoms with Crippen molar-refractivity contribution in [1.82, 2.24) is 0 Å². The smallest absolute Gasteiger partial charge is 0.174 e. The molecule has 1 rings (SSSR count). The number of amidine groups is 1. The van der Waals surface area contributed by atoms with E-state index in [0.717, 1.165) is 23.5 Å². The standard InChI is InChI=1S/C15H24N2O2S/c1-4-20-13-9-5-8-12(14(13)15(16)17-18)19-10-6-7-11(2)3/h5,8-9,11,18H,4,6-7,10H2,1-3H3,(H2,16,17). The monoisotopic (exact) mass is 296 g/mol. The molecular weight excluding hydrogens is 272 g/mol. The van der Waals surface area contributed by atoms with E-state index in [2.05, 4.69) is 25.9 Å². The van der Waals surface area contributed by atoms with Crippen molar-refractivity contribution in [2.45, 2.75) is 38.5 Å². The van der Waals surface area contributed by atoms with E-state index >= 15 is 0 Å². The predicted octanol–water partition coefficient (Wildman–Crippen LogP) is 3.71. The molecule has 5 heteroatoms. The number of hydrogen-bond acceptors (Lipinski definition) is 4. The van der Waals surface area contributed by atoms with Gasteiger partial charge in [-0.1, -0.05) is 32.0 Å². The highest BCUT2D eigenvalue weighted by atomic mass is 32.2. The highest BCUT2D eigenvalue weighted by molar-refractivity contribution is 7.99. The Balaban J connectivity index is 2.86. The molecule has 0 saturated carbocycles. The van der Waals surface area contributed by atoms with Crippen LogP contribution in [0.2, 0.25) is 0 Å². The Bertz CT molecular complexity index is 447. The predicted molar refractivity (Wildman–Crippen MR) is 84.9 cm³/mol. The quantitative estimate of drug-likeness (QED) is 0.192. The van der Waals surface area contributed by atoms with Gasteiger partial charge in [0.2, 0.25) is 0 Å². The highest BCUT2D eigenvalue weighted by Crippen LogP contribution is 2.30. The van der Waals surface area contributed by atoms with Crippen molar-refractivity contribution >= 4 is 17.6 Å². The van der Waals surface area contributed by atoms with E-state index in [4.69, 9.17) is 15.7 Å². The number of benzene rings is 1. The van der Waals surface area contributed by atoms with Gasteiger partial charge < -0.3 is 15.7 Å². The Labute approximate surface area is 125 Å². The molecule has 0 aromatic heterocycles. The van der Waals surface area contributed by atoms with Crippen molar-refractivity contribution < 1.29 is 9.94 Å². The largest absolute Gasteiger partial charge is 0.493 e. The first-order valence-corrected chi connectivity index (χ1v) is 7.95. The van der Waals surface area contributed by atoms with E-state index in [-0.39, 0.29) is 5.84 Å². The van der Waals surface area contributed by atoms with Crippen LogP contribution in [0, 0.1) is 5.92 Å². The summed E-state index contributed by atoms with van der Waals surface area (Å²) >= 11 is 1.65. The van der Waals surface area contributed by atoms with E-state index < -0.39 is 0 Å². The summed E-state index contributed by atoms with van der Waals surface area (Å²) in [6, 6.07) is 5.76. The van der Waals surface area contributed by atoms with Crippen LogP contribution in [-0.2, 0) is 0 Å². The summed E-state index contributed by atoms with van der Waals surface area (Å²) in [4.78, 5) is 0.976. The van der Waals surface area contributed by atoms with Gasteiger partial charge in [-0.3, -0.25) is 0 Å². The third-order valence-corrected chi connectivity index (χ3v) is 3.77. The summed E-state index contributed by atoms with van der Waals surface area (Å²) in [6.45, 7) is 7.10. The lowest BCUT2D eigenvalue weighted by Crippen LogP contribution is -2.16. The molecule has 4 nitrogen and oxygen atoms in total. The van der Waals surface area contributed by atoms with Gasteiger partial charge in [-0.2, -0.15) is 0 Å². The summed E-state index contributed by atoms with van der Waals surface area (Å²) in [5.41, 5.74) is 6.47. The molecular formula is C15H24N2O2S. The third kappa shape index (κ3) is 4.96. The Morgan fingerprint density at radius 3 is 2.80 bits per heavy atom. The lowest BCUT2D eigenvalue weighted by Gasteiger charge is -2.14. The Morgan fingerprint density at radius 2 is 2.20 bits per heavy atom. The van der Waals surface area contributed by atoms with E-state index in [1.807, 2.05) is 18.2 Å². The van der Waals surface area contributed by atoms with Crippen LogP contribution in [0.3, 0.4) is 0 Å². The fraction of sp³-hybridized carbons (Fsp3) is 0.533. The SMILES string of the molecule is CCSc1cccc(OCCCC(C)C)c1/C(N)=N/O. The molecule has 0 spiro atoms. The second-order valence-electron chi connectivity index (χ2n) is 4.93. The maximum absolute atomic E-state index is 8.95. The van der Waals surface area contributed by atoms with Gasteiger partial charge in [0.1, 0.15) is 5.75 Å². The van der Waals surface area contributed by atoms with E-state index in [1.54, 1.807) is 11.8 Å². The van der Waals surface area contributed by atoms with Crippen LogP contribution in [-0.4, -0.2) is 23.4 Å². The highest BCUT2D eigenvalue weighted by Gasteiger charge is 2.14. The number of rotatable bonds is 8. The molecule has 0 heterocycles. The summed E-state index contributed by atoms with van der Waals surface area (Å²) in [7, 11) is 0.